The highest BCUT2D eigenvalue weighted by atomic mass is 16.5. The molecule has 5 heteroatoms. The highest BCUT2D eigenvalue weighted by Gasteiger charge is 2.14. The van der Waals surface area contributed by atoms with Gasteiger partial charge in [0, 0.05) is 7.11 Å². The van der Waals surface area contributed by atoms with Gasteiger partial charge in [-0.25, -0.2) is 9.78 Å². The van der Waals surface area contributed by atoms with Crippen molar-refractivity contribution in [3.63, 3.8) is 0 Å². The molecule has 0 radical (unpaired) electrons. The van der Waals surface area contributed by atoms with Crippen molar-refractivity contribution in [2.75, 3.05) is 7.11 Å². The van der Waals surface area contributed by atoms with E-state index in [1.165, 1.54) is 0 Å². The van der Waals surface area contributed by atoms with Gasteiger partial charge in [0.2, 0.25) is 0 Å². The maximum absolute atomic E-state index is 11.4. The van der Waals surface area contributed by atoms with Gasteiger partial charge in [0.05, 0.1) is 23.1 Å². The Labute approximate surface area is 127 Å². The Hall–Kier alpha value is -2.66. The molecule has 0 bridgehead atoms. The van der Waals surface area contributed by atoms with E-state index in [-0.39, 0.29) is 0 Å². The monoisotopic (exact) mass is 296 g/mol. The molecule has 0 saturated carbocycles. The van der Waals surface area contributed by atoms with E-state index >= 15 is 0 Å². The van der Waals surface area contributed by atoms with Gasteiger partial charge in [-0.05, 0) is 23.8 Å². The zero-order valence-electron chi connectivity index (χ0n) is 12.2. The number of carboxylic acids is 1. The summed E-state index contributed by atoms with van der Waals surface area (Å²) in [4.78, 5) is 15.9. The Morgan fingerprint density at radius 2 is 1.91 bits per heavy atom. The molecular weight excluding hydrogens is 280 g/mol. The van der Waals surface area contributed by atoms with Gasteiger partial charge in [-0.2, -0.15) is 0 Å². The van der Waals surface area contributed by atoms with E-state index in [1.54, 1.807) is 19.2 Å². The van der Waals surface area contributed by atoms with Crippen LogP contribution in [-0.4, -0.2) is 27.7 Å². The number of aromatic nitrogens is 2. The minimum absolute atomic E-state index is 0.309. The lowest BCUT2D eigenvalue weighted by molar-refractivity contribution is 0.0695. The quantitative estimate of drug-likeness (QED) is 0.786. The number of hydrogen-bond donors (Lipinski definition) is 1. The number of hydrogen-bond acceptors (Lipinski definition) is 3. The Bertz CT molecular complexity index is 824. The maximum atomic E-state index is 11.4. The van der Waals surface area contributed by atoms with E-state index < -0.39 is 5.97 Å². The first-order valence-electron chi connectivity index (χ1n) is 6.95. The van der Waals surface area contributed by atoms with Crippen LogP contribution < -0.4 is 0 Å². The van der Waals surface area contributed by atoms with Gasteiger partial charge in [-0.1, -0.05) is 30.3 Å². The van der Waals surface area contributed by atoms with Crippen molar-refractivity contribution in [3.05, 3.63) is 65.5 Å². The van der Waals surface area contributed by atoms with Gasteiger partial charge in [-0.15, -0.1) is 0 Å². The van der Waals surface area contributed by atoms with Gasteiger partial charge in [-0.3, -0.25) is 0 Å². The number of aromatic carboxylic acids is 1. The molecule has 1 heterocycles. The van der Waals surface area contributed by atoms with Crippen LogP contribution in [0.4, 0.5) is 0 Å². The van der Waals surface area contributed by atoms with Crippen molar-refractivity contribution in [1.29, 1.82) is 0 Å². The number of benzene rings is 2. The first-order chi connectivity index (χ1) is 10.7. The van der Waals surface area contributed by atoms with E-state index in [0.717, 1.165) is 22.4 Å². The minimum atomic E-state index is -0.923. The SMILES string of the molecule is COCc1nc2ccccc2n1Cc1ccccc1C(=O)O. The van der Waals surface area contributed by atoms with Gasteiger partial charge in [0.1, 0.15) is 12.4 Å². The summed E-state index contributed by atoms with van der Waals surface area (Å²) in [5.74, 6) is -0.141. The number of ether oxygens (including phenoxy) is 1. The predicted molar refractivity (Wildman–Crippen MR) is 82.9 cm³/mol. The molecule has 0 atom stereocenters. The molecule has 0 saturated heterocycles. The third-order valence-corrected chi connectivity index (χ3v) is 3.58. The largest absolute Gasteiger partial charge is 0.478 e. The lowest BCUT2D eigenvalue weighted by atomic mass is 10.1. The third kappa shape index (κ3) is 2.58. The van der Waals surface area contributed by atoms with Crippen molar-refractivity contribution in [2.45, 2.75) is 13.2 Å². The zero-order valence-corrected chi connectivity index (χ0v) is 12.2. The molecule has 0 unspecified atom stereocenters. The highest BCUT2D eigenvalue weighted by molar-refractivity contribution is 5.89. The van der Waals surface area contributed by atoms with Crippen LogP contribution in [0.2, 0.25) is 0 Å². The molecule has 1 N–H and O–H groups in total. The molecule has 0 fully saturated rings. The predicted octanol–water partition coefficient (Wildman–Crippen LogP) is 2.93. The lowest BCUT2D eigenvalue weighted by Gasteiger charge is -2.11. The highest BCUT2D eigenvalue weighted by Crippen LogP contribution is 2.20. The first kappa shape index (κ1) is 14.3. The number of carboxylic acid groups (broad SMARTS) is 1. The van der Waals surface area contributed by atoms with E-state index in [2.05, 4.69) is 4.98 Å². The molecule has 5 nitrogen and oxygen atoms in total. The van der Waals surface area contributed by atoms with Crippen molar-refractivity contribution < 1.29 is 14.6 Å². The van der Waals surface area contributed by atoms with Crippen LogP contribution in [0.15, 0.2) is 48.5 Å². The zero-order chi connectivity index (χ0) is 15.5. The first-order valence-corrected chi connectivity index (χ1v) is 6.95. The molecule has 0 aliphatic rings. The molecule has 0 spiro atoms. The van der Waals surface area contributed by atoms with E-state index in [0.29, 0.717) is 18.7 Å². The number of methoxy groups -OCH3 is 1. The fourth-order valence-corrected chi connectivity index (χ4v) is 2.58. The molecule has 0 amide bonds. The van der Waals surface area contributed by atoms with Crippen molar-refractivity contribution >= 4 is 17.0 Å². The Morgan fingerprint density at radius 3 is 2.68 bits per heavy atom. The van der Waals surface area contributed by atoms with Crippen LogP contribution in [0.3, 0.4) is 0 Å². The standard InChI is InChI=1S/C17H16N2O3/c1-22-11-16-18-14-8-4-5-9-15(14)19(16)10-12-6-2-3-7-13(12)17(20)21/h2-9H,10-11H2,1H3,(H,20,21). The summed E-state index contributed by atoms with van der Waals surface area (Å²) in [6, 6.07) is 14.8. The summed E-state index contributed by atoms with van der Waals surface area (Å²) >= 11 is 0. The summed E-state index contributed by atoms with van der Waals surface area (Å²) in [7, 11) is 1.62. The average Bonchev–Trinajstić information content (AvgIpc) is 2.86. The molecule has 2 aromatic carbocycles. The van der Waals surface area contributed by atoms with Gasteiger partial charge in [0.25, 0.3) is 0 Å². The summed E-state index contributed by atoms with van der Waals surface area (Å²) in [6.07, 6.45) is 0. The van der Waals surface area contributed by atoms with Crippen LogP contribution in [-0.2, 0) is 17.9 Å². The molecule has 3 rings (SSSR count). The maximum Gasteiger partial charge on any atom is 0.336 e. The van der Waals surface area contributed by atoms with Crippen molar-refractivity contribution in [3.8, 4) is 0 Å². The molecule has 3 aromatic rings. The second-order valence-corrected chi connectivity index (χ2v) is 5.00. The smallest absolute Gasteiger partial charge is 0.336 e. The molecule has 1 aromatic heterocycles. The van der Waals surface area contributed by atoms with Crippen LogP contribution in [0.1, 0.15) is 21.7 Å². The second kappa shape index (κ2) is 5.99. The van der Waals surface area contributed by atoms with Gasteiger partial charge < -0.3 is 14.4 Å². The molecule has 112 valence electrons. The fraction of sp³-hybridized carbons (Fsp3) is 0.176. The van der Waals surface area contributed by atoms with E-state index in [9.17, 15) is 9.90 Å². The number of nitrogens with zero attached hydrogens (tertiary/aromatic N) is 2. The molecular formula is C17H16N2O3. The topological polar surface area (TPSA) is 64.4 Å². The number of para-hydroxylation sites is 2. The summed E-state index contributed by atoms with van der Waals surface area (Å²) in [6.45, 7) is 0.825. The summed E-state index contributed by atoms with van der Waals surface area (Å²) in [5, 5.41) is 9.33. The van der Waals surface area contributed by atoms with Crippen LogP contribution in [0, 0.1) is 0 Å². The average molecular weight is 296 g/mol. The lowest BCUT2D eigenvalue weighted by Crippen LogP contribution is -2.10. The van der Waals surface area contributed by atoms with E-state index in [1.807, 2.05) is 41.0 Å². The molecule has 0 aliphatic carbocycles. The normalized spacial score (nSPS) is 11.0. The number of carbonyl (C=O) groups is 1. The Kier molecular flexibility index (Phi) is 3.89. The van der Waals surface area contributed by atoms with Crippen LogP contribution in [0.25, 0.3) is 11.0 Å². The molecule has 0 aliphatic heterocycles. The number of fused-ring (bicyclic) bond motifs is 1. The number of rotatable bonds is 5. The third-order valence-electron chi connectivity index (χ3n) is 3.58. The van der Waals surface area contributed by atoms with Gasteiger partial charge >= 0.3 is 5.97 Å². The Balaban J connectivity index is 2.10. The second-order valence-electron chi connectivity index (χ2n) is 5.00. The van der Waals surface area contributed by atoms with Crippen LogP contribution >= 0.6 is 0 Å². The summed E-state index contributed by atoms with van der Waals surface area (Å²) in [5.41, 5.74) is 2.90. The van der Waals surface area contributed by atoms with Crippen molar-refractivity contribution in [2.24, 2.45) is 0 Å². The number of imidazole rings is 1. The Morgan fingerprint density at radius 1 is 1.18 bits per heavy atom. The fourth-order valence-electron chi connectivity index (χ4n) is 2.58. The van der Waals surface area contributed by atoms with Gasteiger partial charge in [0.15, 0.2) is 0 Å². The minimum Gasteiger partial charge on any atom is -0.478 e. The summed E-state index contributed by atoms with van der Waals surface area (Å²) < 4.78 is 7.21. The van der Waals surface area contributed by atoms with E-state index in [4.69, 9.17) is 4.74 Å². The molecule has 22 heavy (non-hydrogen) atoms. The van der Waals surface area contributed by atoms with Crippen molar-refractivity contribution in [1.82, 2.24) is 9.55 Å². The van der Waals surface area contributed by atoms with Crippen LogP contribution in [0.5, 0.6) is 0 Å².